The van der Waals surface area contributed by atoms with Gasteiger partial charge in [-0.15, -0.1) is 0 Å². The van der Waals surface area contributed by atoms with Crippen molar-refractivity contribution in [2.45, 2.75) is 20.0 Å². The van der Waals surface area contributed by atoms with Gasteiger partial charge in [0, 0.05) is 15.2 Å². The molecule has 0 spiro atoms. The number of amides is 1. The summed E-state index contributed by atoms with van der Waals surface area (Å²) in [6.07, 6.45) is -0.603. The molecule has 0 radical (unpaired) electrons. The highest BCUT2D eigenvalue weighted by molar-refractivity contribution is 9.10. The van der Waals surface area contributed by atoms with Crippen LogP contribution in [0.1, 0.15) is 12.5 Å². The summed E-state index contributed by atoms with van der Waals surface area (Å²) < 4.78 is 6.64. The van der Waals surface area contributed by atoms with Crippen LogP contribution in [0.15, 0.2) is 46.9 Å². The number of ether oxygens (including phenoxy) is 1. The number of nitrogens with one attached hydrogen (secondary N) is 1. The van der Waals surface area contributed by atoms with E-state index in [2.05, 4.69) is 21.2 Å². The predicted molar refractivity (Wildman–Crippen MR) is 89.1 cm³/mol. The minimum absolute atomic E-state index is 0.202. The first-order valence-corrected chi connectivity index (χ1v) is 7.62. The van der Waals surface area contributed by atoms with E-state index in [1.54, 1.807) is 25.1 Å². The number of benzene rings is 2. The molecule has 0 heterocycles. The lowest BCUT2D eigenvalue weighted by Crippen LogP contribution is -2.30. The fourth-order valence-electron chi connectivity index (χ4n) is 1.77. The molecule has 0 aliphatic heterocycles. The van der Waals surface area contributed by atoms with E-state index in [-0.39, 0.29) is 5.91 Å². The highest BCUT2D eigenvalue weighted by Crippen LogP contribution is 2.23. The molecule has 0 saturated carbocycles. The number of hydrogen-bond donors (Lipinski definition) is 1. The lowest BCUT2D eigenvalue weighted by atomic mass is 10.2. The van der Waals surface area contributed by atoms with Crippen molar-refractivity contribution < 1.29 is 9.53 Å². The van der Waals surface area contributed by atoms with E-state index in [1.165, 1.54) is 0 Å². The Bertz CT molecular complexity index is 643. The normalized spacial score (nSPS) is 11.8. The predicted octanol–water partition coefficient (Wildman–Crippen LogP) is 4.82. The molecule has 3 nitrogen and oxygen atoms in total. The summed E-state index contributed by atoms with van der Waals surface area (Å²) in [5, 5.41) is 3.45. The molecule has 0 fully saturated rings. The lowest BCUT2D eigenvalue weighted by Gasteiger charge is -2.16. The van der Waals surface area contributed by atoms with E-state index in [0.717, 1.165) is 15.7 Å². The summed E-state index contributed by atoms with van der Waals surface area (Å²) in [7, 11) is 0. The van der Waals surface area contributed by atoms with Crippen molar-refractivity contribution in [3.63, 3.8) is 0 Å². The van der Waals surface area contributed by atoms with E-state index in [0.29, 0.717) is 10.8 Å². The Kier molecular flexibility index (Phi) is 5.26. The summed E-state index contributed by atoms with van der Waals surface area (Å²) in [5.74, 6) is 0.449. The van der Waals surface area contributed by atoms with Gasteiger partial charge in [0.05, 0.1) is 0 Å². The van der Waals surface area contributed by atoms with E-state index < -0.39 is 6.10 Å². The largest absolute Gasteiger partial charge is 0.481 e. The van der Waals surface area contributed by atoms with Crippen molar-refractivity contribution in [2.75, 3.05) is 5.32 Å². The van der Waals surface area contributed by atoms with Crippen LogP contribution in [-0.2, 0) is 4.79 Å². The molecule has 2 aromatic rings. The molecule has 2 aromatic carbocycles. The van der Waals surface area contributed by atoms with Crippen LogP contribution in [0.4, 0.5) is 5.69 Å². The fourth-order valence-corrected chi connectivity index (χ4v) is 2.26. The average molecular weight is 369 g/mol. The second-order valence-corrected chi connectivity index (χ2v) is 6.02. The summed E-state index contributed by atoms with van der Waals surface area (Å²) >= 11 is 9.25. The molecule has 5 heteroatoms. The van der Waals surface area contributed by atoms with Crippen molar-refractivity contribution in [3.05, 3.63) is 57.5 Å². The number of hydrogen-bond acceptors (Lipinski definition) is 2. The van der Waals surface area contributed by atoms with Crippen LogP contribution in [0.2, 0.25) is 5.02 Å². The Balaban J connectivity index is 2.00. The maximum atomic E-state index is 12.1. The van der Waals surface area contributed by atoms with Gasteiger partial charge in [-0.05, 0) is 61.9 Å². The third-order valence-corrected chi connectivity index (χ3v) is 3.69. The molecule has 110 valence electrons. The van der Waals surface area contributed by atoms with Gasteiger partial charge in [-0.3, -0.25) is 4.79 Å². The van der Waals surface area contributed by atoms with Crippen LogP contribution in [0.3, 0.4) is 0 Å². The monoisotopic (exact) mass is 367 g/mol. The lowest BCUT2D eigenvalue weighted by molar-refractivity contribution is -0.122. The topological polar surface area (TPSA) is 38.3 Å². The zero-order valence-electron chi connectivity index (χ0n) is 11.7. The van der Waals surface area contributed by atoms with E-state index in [9.17, 15) is 4.79 Å². The van der Waals surface area contributed by atoms with E-state index in [1.807, 2.05) is 31.2 Å². The number of anilines is 1. The van der Waals surface area contributed by atoms with Crippen LogP contribution in [0, 0.1) is 6.92 Å². The quantitative estimate of drug-likeness (QED) is 0.840. The van der Waals surface area contributed by atoms with Crippen molar-refractivity contribution >= 4 is 39.1 Å². The number of halogens is 2. The summed E-state index contributed by atoms with van der Waals surface area (Å²) in [4.78, 5) is 12.1. The summed E-state index contributed by atoms with van der Waals surface area (Å²) in [6.45, 7) is 3.60. The molecule has 0 saturated heterocycles. The molecular formula is C16H15BrClNO2. The van der Waals surface area contributed by atoms with Gasteiger partial charge in [0.2, 0.25) is 0 Å². The molecule has 0 aromatic heterocycles. The number of carbonyl (C=O) groups is 1. The van der Waals surface area contributed by atoms with E-state index >= 15 is 0 Å². The van der Waals surface area contributed by atoms with Gasteiger partial charge in [0.15, 0.2) is 6.10 Å². The first-order chi connectivity index (χ1) is 9.95. The summed E-state index contributed by atoms with van der Waals surface area (Å²) in [5.41, 5.74) is 1.62. The van der Waals surface area contributed by atoms with Gasteiger partial charge < -0.3 is 10.1 Å². The maximum Gasteiger partial charge on any atom is 0.265 e. The van der Waals surface area contributed by atoms with Crippen LogP contribution in [-0.4, -0.2) is 12.0 Å². The average Bonchev–Trinajstić information content (AvgIpc) is 2.44. The Morgan fingerprint density at radius 1 is 1.24 bits per heavy atom. The van der Waals surface area contributed by atoms with Crippen molar-refractivity contribution in [1.29, 1.82) is 0 Å². The number of carbonyl (C=O) groups excluding carboxylic acids is 1. The van der Waals surface area contributed by atoms with Crippen LogP contribution in [0.25, 0.3) is 0 Å². The van der Waals surface area contributed by atoms with Gasteiger partial charge in [-0.25, -0.2) is 0 Å². The Morgan fingerprint density at radius 2 is 1.90 bits per heavy atom. The zero-order chi connectivity index (χ0) is 15.4. The Hall–Kier alpha value is -1.52. The third-order valence-electron chi connectivity index (χ3n) is 2.92. The van der Waals surface area contributed by atoms with Gasteiger partial charge in [0.1, 0.15) is 5.75 Å². The fraction of sp³-hybridized carbons (Fsp3) is 0.188. The number of rotatable bonds is 4. The van der Waals surface area contributed by atoms with Gasteiger partial charge >= 0.3 is 0 Å². The first-order valence-electron chi connectivity index (χ1n) is 6.45. The smallest absolute Gasteiger partial charge is 0.265 e. The minimum atomic E-state index is -0.603. The third kappa shape index (κ3) is 4.48. The Morgan fingerprint density at radius 3 is 2.52 bits per heavy atom. The van der Waals surface area contributed by atoms with Crippen LogP contribution < -0.4 is 10.1 Å². The minimum Gasteiger partial charge on any atom is -0.481 e. The highest BCUT2D eigenvalue weighted by atomic mass is 79.9. The van der Waals surface area contributed by atoms with E-state index in [4.69, 9.17) is 16.3 Å². The Labute approximate surface area is 137 Å². The van der Waals surface area contributed by atoms with Gasteiger partial charge in [0.25, 0.3) is 5.91 Å². The second-order valence-electron chi connectivity index (χ2n) is 4.67. The second kappa shape index (κ2) is 6.96. The molecule has 1 unspecified atom stereocenters. The van der Waals surface area contributed by atoms with Crippen molar-refractivity contribution in [1.82, 2.24) is 0 Å². The molecule has 0 bridgehead atoms. The van der Waals surface area contributed by atoms with Crippen molar-refractivity contribution in [3.8, 4) is 5.75 Å². The molecule has 1 amide bonds. The molecule has 1 N–H and O–H groups in total. The van der Waals surface area contributed by atoms with Gasteiger partial charge in [-0.1, -0.05) is 27.5 Å². The molecule has 2 rings (SSSR count). The molecular weight excluding hydrogens is 354 g/mol. The van der Waals surface area contributed by atoms with Crippen molar-refractivity contribution in [2.24, 2.45) is 0 Å². The van der Waals surface area contributed by atoms with Gasteiger partial charge in [-0.2, -0.15) is 0 Å². The van der Waals surface area contributed by atoms with Crippen LogP contribution >= 0.6 is 27.5 Å². The van der Waals surface area contributed by atoms with Crippen LogP contribution in [0.5, 0.6) is 5.75 Å². The molecule has 1 atom stereocenters. The highest BCUT2D eigenvalue weighted by Gasteiger charge is 2.15. The molecule has 0 aliphatic rings. The SMILES string of the molecule is Cc1cc(Cl)ccc1OC(C)C(=O)Nc1ccc(Br)cc1. The number of aryl methyl sites for hydroxylation is 1. The summed E-state index contributed by atoms with van der Waals surface area (Å²) in [6, 6.07) is 12.7. The maximum absolute atomic E-state index is 12.1. The molecule has 0 aliphatic carbocycles. The first kappa shape index (κ1) is 15.9. The zero-order valence-corrected chi connectivity index (χ0v) is 14.0. The molecule has 21 heavy (non-hydrogen) atoms. The standard InChI is InChI=1S/C16H15BrClNO2/c1-10-9-13(18)5-8-15(10)21-11(2)16(20)19-14-6-3-12(17)4-7-14/h3-9,11H,1-2H3,(H,19,20).